The molecule has 3 nitrogen and oxygen atoms in total. The van der Waals surface area contributed by atoms with Crippen LogP contribution >= 0.6 is 0 Å². The Morgan fingerprint density at radius 1 is 0.792 bits per heavy atom. The Labute approximate surface area is 138 Å². The molecular weight excluding hydrogens is 314 g/mol. The molecular formula is C19H16F2O3. The number of carbonyl (C=O) groups is 1. The molecule has 0 fully saturated rings. The second-order valence-corrected chi connectivity index (χ2v) is 4.72. The molecule has 0 aliphatic carbocycles. The van der Waals surface area contributed by atoms with Crippen molar-refractivity contribution in [3.63, 3.8) is 0 Å². The van der Waals surface area contributed by atoms with Gasteiger partial charge in [-0.2, -0.15) is 0 Å². The second-order valence-electron chi connectivity index (χ2n) is 4.72. The van der Waals surface area contributed by atoms with E-state index in [2.05, 4.69) is 0 Å². The minimum absolute atomic E-state index is 0.0375. The molecule has 0 unspecified atom stereocenters. The van der Waals surface area contributed by atoms with Gasteiger partial charge in [-0.25, -0.2) is 13.6 Å². The van der Waals surface area contributed by atoms with Crippen LogP contribution in [0.1, 0.15) is 11.1 Å². The number of rotatable bonds is 6. The largest absolute Gasteiger partial charge is 0.508 e. The Kier molecular flexibility index (Phi) is 6.71. The molecule has 0 aromatic heterocycles. The summed E-state index contributed by atoms with van der Waals surface area (Å²) in [5, 5.41) is 0. The fourth-order valence-corrected chi connectivity index (χ4v) is 1.84. The first-order chi connectivity index (χ1) is 11.7. The molecule has 0 aliphatic heterocycles. The maximum absolute atomic E-state index is 13.3. The van der Waals surface area contributed by atoms with Gasteiger partial charge in [0.05, 0.1) is 0 Å². The molecule has 0 heterocycles. The van der Waals surface area contributed by atoms with Crippen LogP contribution in [0.25, 0.3) is 12.2 Å². The minimum atomic E-state index is -0.855. The van der Waals surface area contributed by atoms with Crippen LogP contribution in [-0.4, -0.2) is 19.4 Å². The summed E-state index contributed by atoms with van der Waals surface area (Å²) in [6, 6.07) is 12.5. The lowest BCUT2D eigenvalue weighted by Gasteiger charge is -2.02. The van der Waals surface area contributed by atoms with Crippen molar-refractivity contribution in [1.29, 1.82) is 0 Å². The first-order valence-electron chi connectivity index (χ1n) is 7.28. The van der Waals surface area contributed by atoms with Gasteiger partial charge in [-0.05, 0) is 24.3 Å². The van der Waals surface area contributed by atoms with E-state index >= 15 is 0 Å². The van der Waals surface area contributed by atoms with Gasteiger partial charge in [0, 0.05) is 11.1 Å². The lowest BCUT2D eigenvalue weighted by molar-refractivity contribution is 0.0720. The fourth-order valence-electron chi connectivity index (χ4n) is 1.84. The van der Waals surface area contributed by atoms with Crippen LogP contribution in [0.3, 0.4) is 0 Å². The zero-order valence-corrected chi connectivity index (χ0v) is 12.8. The number of hydrogen-bond donors (Lipinski definition) is 0. The molecule has 2 rings (SSSR count). The number of hydrogen-bond acceptors (Lipinski definition) is 3. The summed E-state index contributed by atoms with van der Waals surface area (Å²) in [4.78, 5) is 11.3. The van der Waals surface area contributed by atoms with Gasteiger partial charge >= 0.3 is 6.16 Å². The Morgan fingerprint density at radius 2 is 1.21 bits per heavy atom. The van der Waals surface area contributed by atoms with Crippen LogP contribution < -0.4 is 0 Å². The van der Waals surface area contributed by atoms with E-state index in [9.17, 15) is 13.6 Å². The maximum Gasteiger partial charge on any atom is 0.508 e. The van der Waals surface area contributed by atoms with Crippen LogP contribution in [0.5, 0.6) is 0 Å². The van der Waals surface area contributed by atoms with E-state index in [0.717, 1.165) is 0 Å². The molecule has 0 saturated carbocycles. The van der Waals surface area contributed by atoms with Crippen molar-refractivity contribution >= 4 is 18.3 Å². The van der Waals surface area contributed by atoms with Gasteiger partial charge < -0.3 is 9.47 Å². The molecule has 0 N–H and O–H groups in total. The molecule has 0 atom stereocenters. The first kappa shape index (κ1) is 17.4. The maximum atomic E-state index is 13.3. The minimum Gasteiger partial charge on any atom is -0.430 e. The molecule has 0 aliphatic rings. The van der Waals surface area contributed by atoms with Crippen molar-refractivity contribution in [3.8, 4) is 0 Å². The van der Waals surface area contributed by atoms with E-state index in [4.69, 9.17) is 9.47 Å². The average Bonchev–Trinajstić information content (AvgIpc) is 2.58. The van der Waals surface area contributed by atoms with E-state index in [0.29, 0.717) is 11.1 Å². The van der Waals surface area contributed by atoms with E-state index in [1.807, 2.05) is 0 Å². The van der Waals surface area contributed by atoms with E-state index in [-0.39, 0.29) is 24.8 Å². The van der Waals surface area contributed by atoms with Crippen molar-refractivity contribution in [2.24, 2.45) is 0 Å². The number of halogens is 2. The predicted octanol–water partition coefficient (Wildman–Crippen LogP) is 4.84. The molecule has 0 amide bonds. The van der Waals surface area contributed by atoms with E-state index < -0.39 is 6.16 Å². The Bertz CT molecular complexity index is 677. The van der Waals surface area contributed by atoms with Gasteiger partial charge in [0.15, 0.2) is 0 Å². The molecule has 124 valence electrons. The summed E-state index contributed by atoms with van der Waals surface area (Å²) in [5.41, 5.74) is 0.810. The van der Waals surface area contributed by atoms with Crippen LogP contribution in [0, 0.1) is 11.6 Å². The van der Waals surface area contributed by atoms with Crippen molar-refractivity contribution < 1.29 is 23.0 Å². The number of ether oxygens (including phenoxy) is 2. The Hall–Kier alpha value is -2.95. The highest BCUT2D eigenvalue weighted by molar-refractivity contribution is 5.61. The van der Waals surface area contributed by atoms with Crippen molar-refractivity contribution in [2.75, 3.05) is 13.2 Å². The number of benzene rings is 2. The molecule has 5 heteroatoms. The Balaban J connectivity index is 1.69. The van der Waals surface area contributed by atoms with Crippen LogP contribution in [0.15, 0.2) is 60.7 Å². The third kappa shape index (κ3) is 5.68. The highest BCUT2D eigenvalue weighted by Gasteiger charge is 2.01. The highest BCUT2D eigenvalue weighted by atomic mass is 19.1. The van der Waals surface area contributed by atoms with Gasteiger partial charge in [0.2, 0.25) is 0 Å². The lowest BCUT2D eigenvalue weighted by Crippen LogP contribution is -2.07. The summed E-state index contributed by atoms with van der Waals surface area (Å²) in [6.07, 6.45) is 5.19. The van der Waals surface area contributed by atoms with Crippen molar-refractivity contribution in [3.05, 3.63) is 83.4 Å². The van der Waals surface area contributed by atoms with E-state index in [1.54, 1.807) is 36.4 Å². The van der Waals surface area contributed by atoms with Crippen LogP contribution in [-0.2, 0) is 9.47 Å². The van der Waals surface area contributed by atoms with Gasteiger partial charge in [0.25, 0.3) is 0 Å². The fraction of sp³-hybridized carbons (Fsp3) is 0.105. The predicted molar refractivity (Wildman–Crippen MR) is 88.2 cm³/mol. The van der Waals surface area contributed by atoms with Crippen molar-refractivity contribution in [2.45, 2.75) is 0 Å². The average molecular weight is 330 g/mol. The molecule has 0 spiro atoms. The smallest absolute Gasteiger partial charge is 0.430 e. The Morgan fingerprint density at radius 3 is 1.62 bits per heavy atom. The summed E-state index contributed by atoms with van der Waals surface area (Å²) in [7, 11) is 0. The van der Waals surface area contributed by atoms with Gasteiger partial charge in [-0.1, -0.05) is 48.6 Å². The summed E-state index contributed by atoms with van der Waals surface area (Å²) in [6.45, 7) is -0.0750. The summed E-state index contributed by atoms with van der Waals surface area (Å²) >= 11 is 0. The quantitative estimate of drug-likeness (QED) is 0.711. The zero-order chi connectivity index (χ0) is 17.2. The van der Waals surface area contributed by atoms with Crippen molar-refractivity contribution in [1.82, 2.24) is 0 Å². The second kappa shape index (κ2) is 9.25. The highest BCUT2D eigenvalue weighted by Crippen LogP contribution is 2.09. The third-order valence-corrected chi connectivity index (χ3v) is 3.00. The standard InChI is InChI=1S/C19H16F2O3/c20-17-11-3-1-7-15(17)9-5-13-23-19(22)24-14-6-10-16-8-2-4-12-18(16)21/h1-12H,13-14H2. The topological polar surface area (TPSA) is 35.5 Å². The monoisotopic (exact) mass is 330 g/mol. The molecule has 24 heavy (non-hydrogen) atoms. The van der Waals surface area contributed by atoms with Crippen LogP contribution in [0.2, 0.25) is 0 Å². The molecule has 0 radical (unpaired) electrons. The number of carbonyl (C=O) groups excluding carboxylic acids is 1. The van der Waals surface area contributed by atoms with Gasteiger partial charge in [-0.3, -0.25) is 0 Å². The molecule has 0 saturated heterocycles. The molecule has 2 aromatic carbocycles. The van der Waals surface area contributed by atoms with Gasteiger partial charge in [-0.15, -0.1) is 0 Å². The molecule has 0 bridgehead atoms. The first-order valence-corrected chi connectivity index (χ1v) is 7.28. The summed E-state index contributed by atoms with van der Waals surface area (Å²) in [5.74, 6) is -0.704. The molecule has 2 aromatic rings. The lowest BCUT2D eigenvalue weighted by atomic mass is 10.2. The van der Waals surface area contributed by atoms with Gasteiger partial charge in [0.1, 0.15) is 24.8 Å². The SMILES string of the molecule is O=C(OCC=Cc1ccccc1F)OCC=Cc1ccccc1F. The van der Waals surface area contributed by atoms with E-state index in [1.165, 1.54) is 36.4 Å². The zero-order valence-electron chi connectivity index (χ0n) is 12.8. The normalized spacial score (nSPS) is 11.1. The van der Waals surface area contributed by atoms with Crippen LogP contribution in [0.4, 0.5) is 13.6 Å². The summed E-state index contributed by atoms with van der Waals surface area (Å²) < 4.78 is 36.3. The third-order valence-electron chi connectivity index (χ3n) is 3.00.